The Kier molecular flexibility index (Phi) is 9.16. The van der Waals surface area contributed by atoms with Crippen LogP contribution in [-0.4, -0.2) is 18.3 Å². The first-order chi connectivity index (χ1) is 6.72. The molecule has 0 fully saturated rings. The Balaban J connectivity index is 3.23. The molecule has 1 atom stereocenters. The summed E-state index contributed by atoms with van der Waals surface area (Å²) in [6.45, 7) is 4.80. The predicted octanol–water partition coefficient (Wildman–Crippen LogP) is 2.95. The van der Waals surface area contributed by atoms with E-state index in [0.717, 1.165) is 38.1 Å². The summed E-state index contributed by atoms with van der Waals surface area (Å²) in [7, 11) is 0. The third-order valence-electron chi connectivity index (χ3n) is 2.42. The van der Waals surface area contributed by atoms with Crippen molar-refractivity contribution >= 4 is 17.5 Å². The fraction of sp³-hybridized carbons (Fsp3) is 0.909. The molecule has 0 aromatic carbocycles. The Morgan fingerprint density at radius 2 is 1.93 bits per heavy atom. The molecule has 0 saturated heterocycles. The fourth-order valence-electron chi connectivity index (χ4n) is 1.14. The minimum Gasteiger partial charge on any atom is -0.356 e. The van der Waals surface area contributed by atoms with Crippen molar-refractivity contribution in [1.29, 1.82) is 0 Å². The van der Waals surface area contributed by atoms with Gasteiger partial charge in [-0.3, -0.25) is 4.79 Å². The van der Waals surface area contributed by atoms with Crippen LogP contribution in [0.15, 0.2) is 0 Å². The molecule has 0 saturated carbocycles. The minimum atomic E-state index is 0.151. The SMILES string of the molecule is CCC(C)C(=O)NCCCCCCCl. The van der Waals surface area contributed by atoms with Crippen LogP contribution in [0.1, 0.15) is 46.0 Å². The number of alkyl halides is 1. The van der Waals surface area contributed by atoms with Gasteiger partial charge in [0.15, 0.2) is 0 Å². The molecule has 0 aliphatic heterocycles. The van der Waals surface area contributed by atoms with Crippen LogP contribution in [0.4, 0.5) is 0 Å². The molecule has 1 amide bonds. The second-order valence-corrected chi connectivity index (χ2v) is 4.08. The summed E-state index contributed by atoms with van der Waals surface area (Å²) < 4.78 is 0. The van der Waals surface area contributed by atoms with Gasteiger partial charge in [0.25, 0.3) is 0 Å². The maximum atomic E-state index is 11.3. The van der Waals surface area contributed by atoms with Gasteiger partial charge in [-0.25, -0.2) is 0 Å². The standard InChI is InChI=1S/C11H22ClNO/c1-3-10(2)11(14)13-9-7-5-4-6-8-12/h10H,3-9H2,1-2H3,(H,13,14). The van der Waals surface area contributed by atoms with Crippen LogP contribution in [0.25, 0.3) is 0 Å². The number of halogens is 1. The summed E-state index contributed by atoms with van der Waals surface area (Å²) in [5, 5.41) is 2.94. The molecule has 84 valence electrons. The molecule has 0 aliphatic carbocycles. The number of hydrogen-bond acceptors (Lipinski definition) is 1. The average Bonchev–Trinajstić information content (AvgIpc) is 2.21. The van der Waals surface area contributed by atoms with Gasteiger partial charge in [0, 0.05) is 18.3 Å². The largest absolute Gasteiger partial charge is 0.356 e. The highest BCUT2D eigenvalue weighted by molar-refractivity contribution is 6.17. The van der Waals surface area contributed by atoms with Gasteiger partial charge in [0.05, 0.1) is 0 Å². The summed E-state index contributed by atoms with van der Waals surface area (Å²) in [5.41, 5.74) is 0. The van der Waals surface area contributed by atoms with Crippen LogP contribution in [0.2, 0.25) is 0 Å². The van der Waals surface area contributed by atoms with Gasteiger partial charge in [-0.15, -0.1) is 11.6 Å². The van der Waals surface area contributed by atoms with Crippen LogP contribution < -0.4 is 5.32 Å². The number of carbonyl (C=O) groups excluding carboxylic acids is 1. The van der Waals surface area contributed by atoms with Crippen LogP contribution >= 0.6 is 11.6 Å². The highest BCUT2D eigenvalue weighted by Gasteiger charge is 2.08. The maximum absolute atomic E-state index is 11.3. The van der Waals surface area contributed by atoms with Crippen LogP contribution in [0.5, 0.6) is 0 Å². The molecule has 0 rings (SSSR count). The van der Waals surface area contributed by atoms with Gasteiger partial charge in [-0.1, -0.05) is 26.7 Å². The molecular weight excluding hydrogens is 198 g/mol. The molecule has 14 heavy (non-hydrogen) atoms. The van der Waals surface area contributed by atoms with Gasteiger partial charge in [0.1, 0.15) is 0 Å². The fourth-order valence-corrected chi connectivity index (χ4v) is 1.33. The van der Waals surface area contributed by atoms with Gasteiger partial charge < -0.3 is 5.32 Å². The Bertz CT molecular complexity index is 150. The van der Waals surface area contributed by atoms with Gasteiger partial charge in [0.2, 0.25) is 5.91 Å². The van der Waals surface area contributed by atoms with Crippen molar-refractivity contribution < 1.29 is 4.79 Å². The summed E-state index contributed by atoms with van der Waals surface area (Å²) >= 11 is 5.56. The van der Waals surface area contributed by atoms with Crippen molar-refractivity contribution in [2.24, 2.45) is 5.92 Å². The molecule has 1 N–H and O–H groups in total. The van der Waals surface area contributed by atoms with Crippen molar-refractivity contribution in [3.63, 3.8) is 0 Å². The summed E-state index contributed by atoms with van der Waals surface area (Å²) in [6, 6.07) is 0. The molecule has 0 spiro atoms. The van der Waals surface area contributed by atoms with E-state index in [4.69, 9.17) is 11.6 Å². The molecule has 0 heterocycles. The smallest absolute Gasteiger partial charge is 0.222 e. The van der Waals surface area contributed by atoms with Crippen molar-refractivity contribution in [2.45, 2.75) is 46.0 Å². The lowest BCUT2D eigenvalue weighted by Gasteiger charge is -2.09. The van der Waals surface area contributed by atoms with Crippen molar-refractivity contribution in [3.8, 4) is 0 Å². The molecule has 0 aromatic heterocycles. The molecule has 1 unspecified atom stereocenters. The lowest BCUT2D eigenvalue weighted by Crippen LogP contribution is -2.29. The first-order valence-corrected chi connectivity index (χ1v) is 6.09. The lowest BCUT2D eigenvalue weighted by molar-refractivity contribution is -0.124. The quantitative estimate of drug-likeness (QED) is 0.494. The normalized spacial score (nSPS) is 12.5. The Labute approximate surface area is 92.4 Å². The van der Waals surface area contributed by atoms with Crippen LogP contribution in [0.3, 0.4) is 0 Å². The predicted molar refractivity (Wildman–Crippen MR) is 61.7 cm³/mol. The number of amides is 1. The first-order valence-electron chi connectivity index (χ1n) is 5.56. The van der Waals surface area contributed by atoms with E-state index in [1.54, 1.807) is 0 Å². The second kappa shape index (κ2) is 9.32. The molecule has 0 aliphatic rings. The Morgan fingerprint density at radius 3 is 2.50 bits per heavy atom. The highest BCUT2D eigenvalue weighted by Crippen LogP contribution is 2.02. The lowest BCUT2D eigenvalue weighted by atomic mass is 10.1. The third-order valence-corrected chi connectivity index (χ3v) is 2.69. The first kappa shape index (κ1) is 13.8. The van der Waals surface area contributed by atoms with E-state index in [1.165, 1.54) is 6.42 Å². The van der Waals surface area contributed by atoms with Gasteiger partial charge >= 0.3 is 0 Å². The number of unbranched alkanes of at least 4 members (excludes halogenated alkanes) is 3. The molecule has 0 bridgehead atoms. The van der Waals surface area contributed by atoms with E-state index in [-0.39, 0.29) is 11.8 Å². The Hall–Kier alpha value is -0.240. The number of hydrogen-bond donors (Lipinski definition) is 1. The zero-order valence-corrected chi connectivity index (χ0v) is 10.1. The second-order valence-electron chi connectivity index (χ2n) is 3.70. The van der Waals surface area contributed by atoms with Crippen LogP contribution in [-0.2, 0) is 4.79 Å². The molecule has 3 heteroatoms. The van der Waals surface area contributed by atoms with Crippen molar-refractivity contribution in [2.75, 3.05) is 12.4 Å². The van der Waals surface area contributed by atoms with E-state index < -0.39 is 0 Å². The third kappa shape index (κ3) is 7.19. The number of rotatable bonds is 8. The van der Waals surface area contributed by atoms with Crippen LogP contribution in [0, 0.1) is 5.92 Å². The Morgan fingerprint density at radius 1 is 1.29 bits per heavy atom. The van der Waals surface area contributed by atoms with E-state index in [0.29, 0.717) is 0 Å². The highest BCUT2D eigenvalue weighted by atomic mass is 35.5. The monoisotopic (exact) mass is 219 g/mol. The number of carbonyl (C=O) groups is 1. The summed E-state index contributed by atoms with van der Waals surface area (Å²) in [6.07, 6.45) is 5.40. The molecule has 0 aromatic rings. The average molecular weight is 220 g/mol. The summed E-state index contributed by atoms with van der Waals surface area (Å²) in [5.74, 6) is 1.09. The van der Waals surface area contributed by atoms with E-state index in [9.17, 15) is 4.79 Å². The zero-order valence-electron chi connectivity index (χ0n) is 9.31. The number of nitrogens with one attached hydrogen (secondary N) is 1. The summed E-state index contributed by atoms with van der Waals surface area (Å²) in [4.78, 5) is 11.3. The topological polar surface area (TPSA) is 29.1 Å². The van der Waals surface area contributed by atoms with Crippen molar-refractivity contribution in [1.82, 2.24) is 5.32 Å². The minimum absolute atomic E-state index is 0.151. The van der Waals surface area contributed by atoms with E-state index in [1.807, 2.05) is 13.8 Å². The van der Waals surface area contributed by atoms with Gasteiger partial charge in [-0.05, 0) is 19.3 Å². The van der Waals surface area contributed by atoms with E-state index in [2.05, 4.69) is 5.32 Å². The maximum Gasteiger partial charge on any atom is 0.222 e. The van der Waals surface area contributed by atoms with Crippen molar-refractivity contribution in [3.05, 3.63) is 0 Å². The zero-order chi connectivity index (χ0) is 10.8. The molecular formula is C11H22ClNO. The van der Waals surface area contributed by atoms with Gasteiger partial charge in [-0.2, -0.15) is 0 Å². The molecule has 2 nitrogen and oxygen atoms in total. The molecule has 0 radical (unpaired) electrons. The van der Waals surface area contributed by atoms with E-state index >= 15 is 0 Å².